The number of carbonyl (C=O) groups excluding carboxylic acids is 1. The van der Waals surface area contributed by atoms with E-state index in [1.807, 2.05) is 35.0 Å². The first-order valence-electron chi connectivity index (χ1n) is 4.88. The van der Waals surface area contributed by atoms with E-state index >= 15 is 0 Å². The molecule has 0 radical (unpaired) electrons. The standard InChI is InChI=1S/C11H12N2O2/c1-2-15-11(14)7-9-8-13-6-4-3-5-10(13)12-9/h3-6,8H,2,7H2,1H3. The highest BCUT2D eigenvalue weighted by Crippen LogP contribution is 2.05. The van der Waals surface area contributed by atoms with E-state index in [0.29, 0.717) is 6.61 Å². The molecule has 2 rings (SSSR count). The maximum Gasteiger partial charge on any atom is 0.311 e. The predicted molar refractivity (Wildman–Crippen MR) is 55.5 cm³/mol. The lowest BCUT2D eigenvalue weighted by molar-refractivity contribution is -0.142. The van der Waals surface area contributed by atoms with Gasteiger partial charge in [-0.25, -0.2) is 4.98 Å². The molecule has 0 spiro atoms. The molecule has 2 aromatic rings. The summed E-state index contributed by atoms with van der Waals surface area (Å²) in [6.45, 7) is 2.20. The van der Waals surface area contributed by atoms with Gasteiger partial charge in [-0.1, -0.05) is 6.07 Å². The Bertz CT molecular complexity index is 443. The zero-order valence-electron chi connectivity index (χ0n) is 8.51. The summed E-state index contributed by atoms with van der Waals surface area (Å²) in [5.74, 6) is -0.235. The number of hydrogen-bond donors (Lipinski definition) is 0. The molecule has 0 aliphatic rings. The zero-order chi connectivity index (χ0) is 10.7. The molecule has 0 N–H and O–H groups in total. The van der Waals surface area contributed by atoms with Crippen LogP contribution < -0.4 is 0 Å². The van der Waals surface area contributed by atoms with Crippen molar-refractivity contribution < 1.29 is 9.53 Å². The highest BCUT2D eigenvalue weighted by Gasteiger charge is 2.07. The molecule has 15 heavy (non-hydrogen) atoms. The highest BCUT2D eigenvalue weighted by molar-refractivity contribution is 5.72. The van der Waals surface area contributed by atoms with Gasteiger partial charge in [-0.15, -0.1) is 0 Å². The Hall–Kier alpha value is -1.84. The van der Waals surface area contributed by atoms with Crippen LogP contribution in [0, 0.1) is 0 Å². The number of pyridine rings is 1. The van der Waals surface area contributed by atoms with E-state index in [4.69, 9.17) is 4.74 Å². The molecule has 2 aromatic heterocycles. The zero-order valence-corrected chi connectivity index (χ0v) is 8.51. The smallest absolute Gasteiger partial charge is 0.311 e. The molecule has 4 heteroatoms. The van der Waals surface area contributed by atoms with Crippen molar-refractivity contribution in [2.45, 2.75) is 13.3 Å². The van der Waals surface area contributed by atoms with Gasteiger partial charge in [0, 0.05) is 12.4 Å². The van der Waals surface area contributed by atoms with E-state index in [2.05, 4.69) is 4.98 Å². The van der Waals surface area contributed by atoms with E-state index < -0.39 is 0 Å². The van der Waals surface area contributed by atoms with Crippen molar-refractivity contribution in [1.82, 2.24) is 9.38 Å². The van der Waals surface area contributed by atoms with E-state index in [1.54, 1.807) is 6.92 Å². The maximum atomic E-state index is 11.2. The number of fused-ring (bicyclic) bond motifs is 1. The van der Waals surface area contributed by atoms with Crippen LogP contribution in [0.1, 0.15) is 12.6 Å². The Balaban J connectivity index is 2.18. The molecule has 2 heterocycles. The van der Waals surface area contributed by atoms with Crippen LogP contribution >= 0.6 is 0 Å². The third-order valence-corrected chi connectivity index (χ3v) is 2.04. The van der Waals surface area contributed by atoms with Gasteiger partial charge in [0.1, 0.15) is 5.65 Å². The van der Waals surface area contributed by atoms with Gasteiger partial charge in [0.2, 0.25) is 0 Å². The molecular weight excluding hydrogens is 192 g/mol. The molecule has 0 aromatic carbocycles. The van der Waals surface area contributed by atoms with Crippen molar-refractivity contribution in [3.05, 3.63) is 36.3 Å². The van der Waals surface area contributed by atoms with Crippen LogP contribution in [0.15, 0.2) is 30.6 Å². The van der Waals surface area contributed by atoms with Gasteiger partial charge < -0.3 is 9.14 Å². The Morgan fingerprint density at radius 3 is 3.13 bits per heavy atom. The topological polar surface area (TPSA) is 43.6 Å². The van der Waals surface area contributed by atoms with Crippen LogP contribution in [0.3, 0.4) is 0 Å². The van der Waals surface area contributed by atoms with Gasteiger partial charge in [0.15, 0.2) is 0 Å². The third kappa shape index (κ3) is 2.15. The van der Waals surface area contributed by atoms with Crippen molar-refractivity contribution in [3.8, 4) is 0 Å². The second kappa shape index (κ2) is 4.13. The van der Waals surface area contributed by atoms with E-state index in [9.17, 15) is 4.79 Å². The van der Waals surface area contributed by atoms with Crippen molar-refractivity contribution in [1.29, 1.82) is 0 Å². The Kier molecular flexibility index (Phi) is 2.67. The Morgan fingerprint density at radius 1 is 1.53 bits per heavy atom. The van der Waals surface area contributed by atoms with Crippen molar-refractivity contribution in [2.24, 2.45) is 0 Å². The quantitative estimate of drug-likeness (QED) is 0.710. The summed E-state index contributed by atoms with van der Waals surface area (Å²) in [6, 6.07) is 5.73. The van der Waals surface area contributed by atoms with Gasteiger partial charge >= 0.3 is 5.97 Å². The first kappa shape index (κ1) is 9.71. The molecule has 0 unspecified atom stereocenters. The minimum absolute atomic E-state index is 0.232. The largest absolute Gasteiger partial charge is 0.466 e. The fourth-order valence-corrected chi connectivity index (χ4v) is 1.43. The van der Waals surface area contributed by atoms with Crippen LogP contribution in [0.4, 0.5) is 0 Å². The molecule has 78 valence electrons. The normalized spacial score (nSPS) is 10.5. The van der Waals surface area contributed by atoms with Gasteiger partial charge in [-0.2, -0.15) is 0 Å². The SMILES string of the molecule is CCOC(=O)Cc1cn2ccccc2n1. The van der Waals surface area contributed by atoms with Crippen LogP contribution in [0.5, 0.6) is 0 Å². The molecule has 0 aliphatic carbocycles. The summed E-state index contributed by atoms with van der Waals surface area (Å²) >= 11 is 0. The van der Waals surface area contributed by atoms with E-state index in [0.717, 1.165) is 11.3 Å². The molecule has 0 saturated heterocycles. The van der Waals surface area contributed by atoms with E-state index in [1.165, 1.54) is 0 Å². The number of rotatable bonds is 3. The van der Waals surface area contributed by atoms with Crippen LogP contribution in [0.25, 0.3) is 5.65 Å². The van der Waals surface area contributed by atoms with Crippen molar-refractivity contribution >= 4 is 11.6 Å². The lowest BCUT2D eigenvalue weighted by Gasteiger charge is -1.97. The summed E-state index contributed by atoms with van der Waals surface area (Å²) in [6.07, 6.45) is 3.97. The Labute approximate surface area is 87.5 Å². The fourth-order valence-electron chi connectivity index (χ4n) is 1.43. The lowest BCUT2D eigenvalue weighted by atomic mass is 10.3. The van der Waals surface area contributed by atoms with Gasteiger partial charge in [0.05, 0.1) is 18.7 Å². The molecule has 0 fully saturated rings. The summed E-state index contributed by atoms with van der Waals surface area (Å²) in [5.41, 5.74) is 1.58. The van der Waals surface area contributed by atoms with E-state index in [-0.39, 0.29) is 12.4 Å². The molecule has 4 nitrogen and oxygen atoms in total. The summed E-state index contributed by atoms with van der Waals surface area (Å²) in [7, 11) is 0. The average molecular weight is 204 g/mol. The van der Waals surface area contributed by atoms with Crippen LogP contribution in [-0.2, 0) is 16.0 Å². The maximum absolute atomic E-state index is 11.2. The monoisotopic (exact) mass is 204 g/mol. The van der Waals surface area contributed by atoms with Crippen LogP contribution in [0.2, 0.25) is 0 Å². The summed E-state index contributed by atoms with van der Waals surface area (Å²) < 4.78 is 6.74. The molecule has 0 aliphatic heterocycles. The Morgan fingerprint density at radius 2 is 2.40 bits per heavy atom. The number of aromatic nitrogens is 2. The number of nitrogens with zero attached hydrogens (tertiary/aromatic N) is 2. The van der Waals surface area contributed by atoms with Gasteiger partial charge in [-0.05, 0) is 19.1 Å². The van der Waals surface area contributed by atoms with Gasteiger partial charge in [-0.3, -0.25) is 4.79 Å². The molecule has 0 bridgehead atoms. The molecular formula is C11H12N2O2. The summed E-state index contributed by atoms with van der Waals surface area (Å²) in [4.78, 5) is 15.5. The molecule has 0 saturated carbocycles. The second-order valence-electron chi connectivity index (χ2n) is 3.18. The predicted octanol–water partition coefficient (Wildman–Crippen LogP) is 1.44. The number of ether oxygens (including phenoxy) is 1. The molecule has 0 atom stereocenters. The number of carbonyl (C=O) groups is 1. The van der Waals surface area contributed by atoms with Crippen molar-refractivity contribution in [3.63, 3.8) is 0 Å². The van der Waals surface area contributed by atoms with Gasteiger partial charge in [0.25, 0.3) is 0 Å². The number of imidazole rings is 1. The summed E-state index contributed by atoms with van der Waals surface area (Å²) in [5, 5.41) is 0. The fraction of sp³-hybridized carbons (Fsp3) is 0.273. The van der Waals surface area contributed by atoms with Crippen molar-refractivity contribution in [2.75, 3.05) is 6.61 Å². The first-order valence-corrected chi connectivity index (χ1v) is 4.88. The highest BCUT2D eigenvalue weighted by atomic mass is 16.5. The third-order valence-electron chi connectivity index (χ3n) is 2.04. The minimum atomic E-state index is -0.235. The molecule has 0 amide bonds. The second-order valence-corrected chi connectivity index (χ2v) is 3.18. The first-order chi connectivity index (χ1) is 7.29. The number of hydrogen-bond acceptors (Lipinski definition) is 3. The van der Waals surface area contributed by atoms with Crippen LogP contribution in [-0.4, -0.2) is 22.0 Å². The number of esters is 1. The average Bonchev–Trinajstić information content (AvgIpc) is 2.59. The minimum Gasteiger partial charge on any atom is -0.466 e. The lowest BCUT2D eigenvalue weighted by Crippen LogP contribution is -2.07.